The Balaban J connectivity index is 1.42. The lowest BCUT2D eigenvalue weighted by Gasteiger charge is -2.25. The summed E-state index contributed by atoms with van der Waals surface area (Å²) in [6.45, 7) is 1.89. The van der Waals surface area contributed by atoms with Gasteiger partial charge in [-0.2, -0.15) is 0 Å². The number of methoxy groups -OCH3 is 1. The highest BCUT2D eigenvalue weighted by molar-refractivity contribution is 7.07. The number of thiazole rings is 1. The Hall–Kier alpha value is -5.52. The van der Waals surface area contributed by atoms with Crippen molar-refractivity contribution < 1.29 is 19.2 Å². The third kappa shape index (κ3) is 6.71. The van der Waals surface area contributed by atoms with E-state index in [1.807, 2.05) is 30.3 Å². The number of nitro groups is 1. The molecule has 2 heterocycles. The van der Waals surface area contributed by atoms with Gasteiger partial charge in [-0.3, -0.25) is 24.3 Å². The minimum Gasteiger partial charge on any atom is -0.497 e. The molecule has 1 aromatic heterocycles. The summed E-state index contributed by atoms with van der Waals surface area (Å²) >= 11 is 7.55. The Morgan fingerprint density at radius 1 is 1.06 bits per heavy atom. The van der Waals surface area contributed by atoms with E-state index in [9.17, 15) is 19.7 Å². The summed E-state index contributed by atoms with van der Waals surface area (Å²) in [6.07, 6.45) is 1.69. The van der Waals surface area contributed by atoms with Crippen LogP contribution in [0.5, 0.6) is 11.5 Å². The molecule has 0 bridgehead atoms. The van der Waals surface area contributed by atoms with Gasteiger partial charge in [-0.15, -0.1) is 0 Å². The van der Waals surface area contributed by atoms with Crippen LogP contribution in [0.2, 0.25) is 5.02 Å². The van der Waals surface area contributed by atoms with Gasteiger partial charge in [0, 0.05) is 28.4 Å². The fraction of sp³-hybridized carbons (Fsp3) is 0.114. The fourth-order valence-electron chi connectivity index (χ4n) is 5.24. The number of hydrogen-bond donors (Lipinski definition) is 1. The molecule has 0 aliphatic carbocycles. The summed E-state index contributed by atoms with van der Waals surface area (Å²) in [6, 6.07) is 26.7. The zero-order valence-electron chi connectivity index (χ0n) is 25.2. The van der Waals surface area contributed by atoms with Crippen molar-refractivity contribution in [3.8, 4) is 11.5 Å². The molecule has 0 saturated carbocycles. The number of non-ortho nitro benzene ring substituents is 1. The molecule has 1 amide bonds. The first-order valence-electron chi connectivity index (χ1n) is 14.4. The molecule has 5 aromatic rings. The number of ether oxygens (including phenoxy) is 2. The Bertz CT molecular complexity index is 2210. The first kappa shape index (κ1) is 31.5. The van der Waals surface area contributed by atoms with Crippen LogP contribution in [-0.2, 0) is 11.4 Å². The molecule has 47 heavy (non-hydrogen) atoms. The molecule has 12 heteroatoms. The molecule has 1 atom stereocenters. The largest absolute Gasteiger partial charge is 0.497 e. The summed E-state index contributed by atoms with van der Waals surface area (Å²) in [7, 11) is 1.56. The summed E-state index contributed by atoms with van der Waals surface area (Å²) in [4.78, 5) is 43.7. The molecule has 1 aliphatic heterocycles. The predicted molar refractivity (Wildman–Crippen MR) is 181 cm³/mol. The number of allylic oxidation sites excluding steroid dienone is 1. The highest BCUT2D eigenvalue weighted by atomic mass is 35.5. The number of nitrogens with zero attached hydrogens (tertiary/aromatic N) is 3. The summed E-state index contributed by atoms with van der Waals surface area (Å²) < 4.78 is 13.4. The number of nitro benzene ring substituents is 1. The Morgan fingerprint density at radius 3 is 2.55 bits per heavy atom. The van der Waals surface area contributed by atoms with Crippen molar-refractivity contribution in [2.75, 3.05) is 12.4 Å². The Morgan fingerprint density at radius 2 is 1.83 bits per heavy atom. The number of halogens is 1. The van der Waals surface area contributed by atoms with Crippen LogP contribution >= 0.6 is 22.9 Å². The van der Waals surface area contributed by atoms with E-state index in [-0.39, 0.29) is 23.8 Å². The van der Waals surface area contributed by atoms with E-state index >= 15 is 0 Å². The smallest absolute Gasteiger partial charge is 0.271 e. The first-order chi connectivity index (χ1) is 22.7. The van der Waals surface area contributed by atoms with E-state index in [2.05, 4.69) is 5.32 Å². The van der Waals surface area contributed by atoms with Crippen molar-refractivity contribution in [2.24, 2.45) is 4.99 Å². The SMILES string of the molecule is COc1cccc([C@@H]2C(C(=O)Nc3ccccc3)=C(C)N=c3s/c(=C\c4cc(Cl)ccc4OCc4ccc([N+](=O)[O-])cc4)c(=O)n32)c1. The summed E-state index contributed by atoms with van der Waals surface area (Å²) in [5, 5.41) is 14.4. The first-order valence-corrected chi connectivity index (χ1v) is 15.6. The number of nitrogens with one attached hydrogen (secondary N) is 1. The van der Waals surface area contributed by atoms with Gasteiger partial charge < -0.3 is 14.8 Å². The van der Waals surface area contributed by atoms with Gasteiger partial charge in [0.15, 0.2) is 4.80 Å². The summed E-state index contributed by atoms with van der Waals surface area (Å²) in [5.41, 5.74) is 3.03. The monoisotopic (exact) mass is 666 g/mol. The number of amides is 1. The fourth-order valence-corrected chi connectivity index (χ4v) is 6.46. The lowest BCUT2D eigenvalue weighted by atomic mass is 9.95. The van der Waals surface area contributed by atoms with Gasteiger partial charge in [0.2, 0.25) is 0 Å². The second-order valence-electron chi connectivity index (χ2n) is 10.6. The number of hydrogen-bond acceptors (Lipinski definition) is 8. The number of benzene rings is 4. The van der Waals surface area contributed by atoms with E-state index in [0.29, 0.717) is 53.9 Å². The Kier molecular flexibility index (Phi) is 9.01. The van der Waals surface area contributed by atoms with Gasteiger partial charge in [-0.25, -0.2) is 4.99 Å². The number of rotatable bonds is 9. The van der Waals surface area contributed by atoms with Crippen LogP contribution in [-0.4, -0.2) is 22.5 Å². The third-order valence-corrected chi connectivity index (χ3v) is 8.73. The van der Waals surface area contributed by atoms with Gasteiger partial charge in [0.05, 0.1) is 33.9 Å². The molecule has 1 aliphatic rings. The normalized spacial score (nSPS) is 14.3. The minimum absolute atomic E-state index is 0.0144. The molecule has 0 spiro atoms. The Labute approximate surface area is 277 Å². The van der Waals surface area contributed by atoms with Crippen LogP contribution in [0.25, 0.3) is 6.08 Å². The van der Waals surface area contributed by atoms with Gasteiger partial charge in [-0.05, 0) is 78.7 Å². The van der Waals surface area contributed by atoms with Crippen molar-refractivity contribution in [3.63, 3.8) is 0 Å². The standard InChI is InChI=1S/C35H27ClN4O6S/c1-21-31(33(41)38-26-8-4-3-5-9-26)32(23-7-6-10-28(18-23)45-2)39-34(42)30(47-35(39)37-21)19-24-17-25(36)13-16-29(24)46-20-22-11-14-27(15-12-22)40(43)44/h3-19,32H,20H2,1-2H3,(H,38,41)/b30-19-/t32-/m1/s1. The number of carbonyl (C=O) groups excluding carboxylic acids is 1. The van der Waals surface area contributed by atoms with Crippen LogP contribution < -0.4 is 29.7 Å². The van der Waals surface area contributed by atoms with Gasteiger partial charge in [0.25, 0.3) is 17.2 Å². The maximum atomic E-state index is 14.2. The van der Waals surface area contributed by atoms with Crippen LogP contribution in [0.1, 0.15) is 29.7 Å². The average Bonchev–Trinajstić information content (AvgIpc) is 3.37. The van der Waals surface area contributed by atoms with Crippen LogP contribution in [0.15, 0.2) is 118 Å². The quantitative estimate of drug-likeness (QED) is 0.151. The molecule has 4 aromatic carbocycles. The number of carbonyl (C=O) groups is 1. The highest BCUT2D eigenvalue weighted by Crippen LogP contribution is 2.32. The van der Waals surface area contributed by atoms with Crippen molar-refractivity contribution in [1.82, 2.24) is 4.57 Å². The molecule has 0 radical (unpaired) electrons. The maximum absolute atomic E-state index is 14.2. The molecule has 0 fully saturated rings. The molecular weight excluding hydrogens is 640 g/mol. The number of aromatic nitrogens is 1. The van der Waals surface area contributed by atoms with E-state index in [1.165, 1.54) is 28.0 Å². The second kappa shape index (κ2) is 13.5. The predicted octanol–water partition coefficient (Wildman–Crippen LogP) is 6.02. The van der Waals surface area contributed by atoms with Gasteiger partial charge in [-0.1, -0.05) is 53.3 Å². The average molecular weight is 667 g/mol. The zero-order valence-corrected chi connectivity index (χ0v) is 26.7. The molecule has 0 saturated heterocycles. The third-order valence-electron chi connectivity index (χ3n) is 7.51. The van der Waals surface area contributed by atoms with E-state index in [0.717, 1.165) is 5.56 Å². The molecule has 10 nitrogen and oxygen atoms in total. The maximum Gasteiger partial charge on any atom is 0.271 e. The van der Waals surface area contributed by atoms with E-state index in [4.69, 9.17) is 26.1 Å². The minimum atomic E-state index is -0.788. The number of fused-ring (bicyclic) bond motifs is 1. The van der Waals surface area contributed by atoms with E-state index < -0.39 is 11.0 Å². The highest BCUT2D eigenvalue weighted by Gasteiger charge is 2.33. The van der Waals surface area contributed by atoms with Crippen molar-refractivity contribution >= 4 is 46.3 Å². The van der Waals surface area contributed by atoms with E-state index in [1.54, 1.807) is 74.7 Å². The lowest BCUT2D eigenvalue weighted by Crippen LogP contribution is -2.40. The van der Waals surface area contributed by atoms with Crippen LogP contribution in [0.4, 0.5) is 11.4 Å². The summed E-state index contributed by atoms with van der Waals surface area (Å²) in [5.74, 6) is 0.661. The molecule has 6 rings (SSSR count). The molecular formula is C35H27ClN4O6S. The second-order valence-corrected chi connectivity index (χ2v) is 12.0. The lowest BCUT2D eigenvalue weighted by molar-refractivity contribution is -0.384. The molecule has 236 valence electrons. The van der Waals surface area contributed by atoms with Gasteiger partial charge >= 0.3 is 0 Å². The van der Waals surface area contributed by atoms with Crippen molar-refractivity contribution in [3.05, 3.63) is 160 Å². The topological polar surface area (TPSA) is 125 Å². The van der Waals surface area contributed by atoms with Gasteiger partial charge in [0.1, 0.15) is 18.1 Å². The van der Waals surface area contributed by atoms with Crippen LogP contribution in [0, 0.1) is 10.1 Å². The van der Waals surface area contributed by atoms with Crippen molar-refractivity contribution in [1.29, 1.82) is 0 Å². The number of para-hydroxylation sites is 1. The molecule has 1 N–H and O–H groups in total. The van der Waals surface area contributed by atoms with Crippen molar-refractivity contribution in [2.45, 2.75) is 19.6 Å². The number of anilines is 1. The molecule has 0 unspecified atom stereocenters. The zero-order chi connectivity index (χ0) is 33.1. The van der Waals surface area contributed by atoms with Crippen LogP contribution in [0.3, 0.4) is 0 Å².